The van der Waals surface area contributed by atoms with Crippen LogP contribution in [-0.2, 0) is 16.8 Å². The van der Waals surface area contributed by atoms with Crippen LogP contribution in [0.25, 0.3) is 21.0 Å². The summed E-state index contributed by atoms with van der Waals surface area (Å²) < 4.78 is 20.9. The smallest absolute Gasteiger partial charge is 0.332 e. The molecular formula is C31H37N3O7S. The van der Waals surface area contributed by atoms with E-state index in [9.17, 15) is 19.8 Å². The Kier molecular flexibility index (Phi) is 7.63. The summed E-state index contributed by atoms with van der Waals surface area (Å²) in [6, 6.07) is 7.62. The molecule has 2 N–H and O–H groups in total. The number of benzene rings is 1. The summed E-state index contributed by atoms with van der Waals surface area (Å²) in [6.07, 6.45) is 5.46. The van der Waals surface area contributed by atoms with Crippen LogP contribution in [0.4, 0.5) is 0 Å². The molecule has 0 radical (unpaired) electrons. The fourth-order valence-electron chi connectivity index (χ4n) is 6.84. The van der Waals surface area contributed by atoms with Crippen molar-refractivity contribution in [3.8, 4) is 16.5 Å². The number of nitrogens with zero attached hydrogens (tertiary/aromatic N) is 3. The van der Waals surface area contributed by atoms with Gasteiger partial charge in [-0.3, -0.25) is 13.9 Å². The molecule has 6 rings (SSSR count). The lowest BCUT2D eigenvalue weighted by Crippen LogP contribution is -2.51. The highest BCUT2D eigenvalue weighted by atomic mass is 32.1. The molecule has 2 aliphatic carbocycles. The Labute approximate surface area is 247 Å². The van der Waals surface area contributed by atoms with E-state index in [1.54, 1.807) is 31.7 Å². The standard InChI is InChI=1S/C31H37N3O7S/c1-17-25-28(37)34(31(2,3)16-35)30(38)33(29(25)42-26(17)27-32-9-10-40-27)15-24(22-7-5-6-8-23(22)39-4)41-21-13-18-11-20(36)12-19(18)14-21/h5-10,18-21,24,35-36H,11-16H2,1-4H3/t18-,19+,20+,21+,24-/m1/s1. The number of fused-ring (bicyclic) bond motifs is 2. The number of para-hydroxylation sites is 1. The predicted octanol–water partition coefficient (Wildman–Crippen LogP) is 4.23. The van der Waals surface area contributed by atoms with Crippen LogP contribution in [0.3, 0.4) is 0 Å². The van der Waals surface area contributed by atoms with Gasteiger partial charge in [0, 0.05) is 5.56 Å². The Morgan fingerprint density at radius 2 is 1.88 bits per heavy atom. The number of hydrogen-bond donors (Lipinski definition) is 2. The summed E-state index contributed by atoms with van der Waals surface area (Å²) in [7, 11) is 1.61. The molecule has 0 aliphatic heterocycles. The number of methoxy groups -OCH3 is 1. The van der Waals surface area contributed by atoms with Crippen LogP contribution in [0.15, 0.2) is 50.7 Å². The van der Waals surface area contributed by atoms with E-state index in [-0.39, 0.29) is 18.8 Å². The highest BCUT2D eigenvalue weighted by Gasteiger charge is 2.42. The van der Waals surface area contributed by atoms with Crippen LogP contribution in [-0.4, -0.2) is 50.3 Å². The molecule has 2 fully saturated rings. The minimum Gasteiger partial charge on any atom is -0.496 e. The number of rotatable bonds is 9. The van der Waals surface area contributed by atoms with E-state index in [4.69, 9.17) is 13.9 Å². The van der Waals surface area contributed by atoms with Crippen molar-refractivity contribution in [2.45, 2.75) is 76.9 Å². The summed E-state index contributed by atoms with van der Waals surface area (Å²) in [4.78, 5) is 33.6. The third-order valence-electron chi connectivity index (χ3n) is 8.97. The first kappa shape index (κ1) is 28.9. The fourth-order valence-corrected chi connectivity index (χ4v) is 8.08. The number of aliphatic hydroxyl groups is 2. The number of aliphatic hydroxyl groups excluding tert-OH is 2. The van der Waals surface area contributed by atoms with Crippen molar-refractivity contribution in [1.29, 1.82) is 0 Å². The topological polar surface area (TPSA) is 129 Å². The first-order chi connectivity index (χ1) is 20.1. The van der Waals surface area contributed by atoms with Gasteiger partial charge in [0.1, 0.15) is 22.9 Å². The molecule has 2 aliphatic rings. The van der Waals surface area contributed by atoms with Crippen LogP contribution in [0.1, 0.15) is 56.8 Å². The maximum absolute atomic E-state index is 14.2. The molecule has 224 valence electrons. The molecule has 3 heterocycles. The molecule has 1 aromatic carbocycles. The molecule has 2 saturated carbocycles. The average molecular weight is 596 g/mol. The second kappa shape index (κ2) is 11.1. The molecule has 5 atom stereocenters. The van der Waals surface area contributed by atoms with E-state index in [1.807, 2.05) is 31.2 Å². The maximum atomic E-state index is 14.2. The number of thiophene rings is 1. The van der Waals surface area contributed by atoms with Gasteiger partial charge >= 0.3 is 5.69 Å². The number of aryl methyl sites for hydroxylation is 1. The minimum atomic E-state index is -1.15. The third kappa shape index (κ3) is 4.92. The van der Waals surface area contributed by atoms with Gasteiger partial charge < -0.3 is 24.1 Å². The van der Waals surface area contributed by atoms with E-state index < -0.39 is 29.5 Å². The zero-order chi connectivity index (χ0) is 29.8. The third-order valence-corrected chi connectivity index (χ3v) is 10.3. The summed E-state index contributed by atoms with van der Waals surface area (Å²) in [5, 5.41) is 20.7. The Bertz CT molecular complexity index is 1690. The van der Waals surface area contributed by atoms with E-state index in [0.717, 1.165) is 35.8 Å². The van der Waals surface area contributed by atoms with Crippen molar-refractivity contribution in [2.24, 2.45) is 11.8 Å². The van der Waals surface area contributed by atoms with Crippen molar-refractivity contribution >= 4 is 21.6 Å². The second-order valence-electron chi connectivity index (χ2n) is 12.2. The molecule has 0 amide bonds. The normalized spacial score (nSPS) is 23.0. The van der Waals surface area contributed by atoms with Crippen molar-refractivity contribution in [3.05, 3.63) is 68.7 Å². The molecular weight excluding hydrogens is 558 g/mol. The van der Waals surface area contributed by atoms with Crippen molar-refractivity contribution in [3.63, 3.8) is 0 Å². The van der Waals surface area contributed by atoms with Gasteiger partial charge in [-0.25, -0.2) is 9.78 Å². The zero-order valence-corrected chi connectivity index (χ0v) is 25.1. The Hall–Kier alpha value is -3.25. The Morgan fingerprint density at radius 1 is 1.17 bits per heavy atom. The van der Waals surface area contributed by atoms with Crippen molar-refractivity contribution < 1.29 is 24.1 Å². The van der Waals surface area contributed by atoms with Gasteiger partial charge in [0.2, 0.25) is 5.89 Å². The summed E-state index contributed by atoms with van der Waals surface area (Å²) in [5.41, 5.74) is -0.671. The number of hydrogen-bond acceptors (Lipinski definition) is 9. The predicted molar refractivity (Wildman–Crippen MR) is 159 cm³/mol. The summed E-state index contributed by atoms with van der Waals surface area (Å²) >= 11 is 1.28. The first-order valence-corrected chi connectivity index (χ1v) is 15.2. The van der Waals surface area contributed by atoms with Gasteiger partial charge in [0.25, 0.3) is 5.56 Å². The minimum absolute atomic E-state index is 0.0404. The monoisotopic (exact) mass is 595 g/mol. The number of ether oxygens (including phenoxy) is 2. The lowest BCUT2D eigenvalue weighted by atomic mass is 10.0. The van der Waals surface area contributed by atoms with Gasteiger partial charge in [-0.15, -0.1) is 11.3 Å². The maximum Gasteiger partial charge on any atom is 0.332 e. The molecule has 0 saturated heterocycles. The zero-order valence-electron chi connectivity index (χ0n) is 24.3. The molecule has 0 spiro atoms. The molecule has 42 heavy (non-hydrogen) atoms. The molecule has 4 aromatic rings. The van der Waals surface area contributed by atoms with Gasteiger partial charge in [0.05, 0.1) is 54.5 Å². The van der Waals surface area contributed by atoms with E-state index in [2.05, 4.69) is 4.98 Å². The highest BCUT2D eigenvalue weighted by Crippen LogP contribution is 2.47. The summed E-state index contributed by atoms with van der Waals surface area (Å²) in [5.74, 6) is 1.87. The number of oxazole rings is 1. The van der Waals surface area contributed by atoms with E-state index in [1.165, 1.54) is 17.6 Å². The fraction of sp³-hybridized carbons (Fsp3) is 0.516. The quantitative estimate of drug-likeness (QED) is 0.294. The van der Waals surface area contributed by atoms with E-state index in [0.29, 0.717) is 44.1 Å². The molecule has 11 heteroatoms. The highest BCUT2D eigenvalue weighted by molar-refractivity contribution is 7.22. The molecule has 10 nitrogen and oxygen atoms in total. The Balaban J connectivity index is 1.51. The van der Waals surface area contributed by atoms with Crippen LogP contribution < -0.4 is 16.0 Å². The average Bonchev–Trinajstić information content (AvgIpc) is 3.74. The largest absolute Gasteiger partial charge is 0.496 e. The van der Waals surface area contributed by atoms with E-state index >= 15 is 0 Å². The van der Waals surface area contributed by atoms with Crippen molar-refractivity contribution in [2.75, 3.05) is 13.7 Å². The van der Waals surface area contributed by atoms with Crippen molar-refractivity contribution in [1.82, 2.24) is 14.1 Å². The van der Waals surface area contributed by atoms with Crippen LogP contribution in [0.2, 0.25) is 0 Å². The summed E-state index contributed by atoms with van der Waals surface area (Å²) in [6.45, 7) is 4.89. The second-order valence-corrected chi connectivity index (χ2v) is 13.2. The lowest BCUT2D eigenvalue weighted by Gasteiger charge is -2.28. The first-order valence-electron chi connectivity index (χ1n) is 14.4. The molecule has 0 unspecified atom stereocenters. The lowest BCUT2D eigenvalue weighted by molar-refractivity contribution is -0.0255. The van der Waals surface area contributed by atoms with Gasteiger partial charge in [-0.05, 0) is 69.9 Å². The molecule has 0 bridgehead atoms. The van der Waals surface area contributed by atoms with Gasteiger partial charge in [0.15, 0.2) is 0 Å². The van der Waals surface area contributed by atoms with Crippen LogP contribution in [0, 0.1) is 18.8 Å². The van der Waals surface area contributed by atoms with Crippen LogP contribution in [0.5, 0.6) is 5.75 Å². The van der Waals surface area contributed by atoms with Gasteiger partial charge in [-0.2, -0.15) is 0 Å². The van der Waals surface area contributed by atoms with Crippen LogP contribution >= 0.6 is 11.3 Å². The van der Waals surface area contributed by atoms with Gasteiger partial charge in [-0.1, -0.05) is 18.2 Å². The number of aromatic nitrogens is 3. The molecule has 3 aromatic heterocycles. The SMILES string of the molecule is COc1ccccc1[C@@H](Cn1c(=O)n(C(C)(C)CO)c(=O)c2c(C)c(-c3ncco3)sc21)O[C@H]1C[C@H]2C[C@H](O)C[C@H]2C1. The Morgan fingerprint density at radius 3 is 2.52 bits per heavy atom.